The Morgan fingerprint density at radius 3 is 2.85 bits per heavy atom. The van der Waals surface area contributed by atoms with E-state index >= 15 is 0 Å². The van der Waals surface area contributed by atoms with Crippen molar-refractivity contribution < 1.29 is 14.3 Å². The van der Waals surface area contributed by atoms with Crippen LogP contribution in [0.4, 0.5) is 0 Å². The van der Waals surface area contributed by atoms with Crippen molar-refractivity contribution in [1.82, 2.24) is 10.3 Å². The monoisotopic (exact) mass is 355 g/mol. The average molecular weight is 355 g/mol. The van der Waals surface area contributed by atoms with Gasteiger partial charge in [-0.25, -0.2) is 0 Å². The summed E-state index contributed by atoms with van der Waals surface area (Å²) in [6, 6.07) is 13.3. The van der Waals surface area contributed by atoms with Gasteiger partial charge >= 0.3 is 0 Å². The van der Waals surface area contributed by atoms with Gasteiger partial charge < -0.3 is 20.5 Å². The third-order valence-electron chi connectivity index (χ3n) is 4.66. The molecule has 1 amide bonds. The fourth-order valence-corrected chi connectivity index (χ4v) is 2.90. The van der Waals surface area contributed by atoms with Crippen molar-refractivity contribution in [3.63, 3.8) is 0 Å². The SMILES string of the molecule is CC(NC(=O)C1(N)CCOCC1)c1cccc(OCc2ccccn2)c1. The molecule has 1 aromatic carbocycles. The van der Waals surface area contributed by atoms with Crippen molar-refractivity contribution in [2.24, 2.45) is 5.73 Å². The number of hydrogen-bond acceptors (Lipinski definition) is 5. The van der Waals surface area contributed by atoms with E-state index in [1.807, 2.05) is 49.4 Å². The van der Waals surface area contributed by atoms with Gasteiger partial charge in [-0.3, -0.25) is 9.78 Å². The molecule has 1 aliphatic heterocycles. The zero-order valence-electron chi connectivity index (χ0n) is 15.0. The molecule has 0 bridgehead atoms. The lowest BCUT2D eigenvalue weighted by Crippen LogP contribution is -2.57. The number of carbonyl (C=O) groups is 1. The summed E-state index contributed by atoms with van der Waals surface area (Å²) in [7, 11) is 0. The molecule has 3 N–H and O–H groups in total. The lowest BCUT2D eigenvalue weighted by atomic mass is 9.90. The Morgan fingerprint density at radius 1 is 1.31 bits per heavy atom. The average Bonchev–Trinajstić information content (AvgIpc) is 2.68. The quantitative estimate of drug-likeness (QED) is 0.831. The molecule has 0 saturated carbocycles. The Labute approximate surface area is 153 Å². The largest absolute Gasteiger partial charge is 0.487 e. The van der Waals surface area contributed by atoms with Crippen LogP contribution in [0.3, 0.4) is 0 Å². The van der Waals surface area contributed by atoms with Crippen LogP contribution in [0.25, 0.3) is 0 Å². The molecule has 0 radical (unpaired) electrons. The smallest absolute Gasteiger partial charge is 0.240 e. The van der Waals surface area contributed by atoms with Crippen molar-refractivity contribution >= 4 is 5.91 Å². The Morgan fingerprint density at radius 2 is 2.12 bits per heavy atom. The number of nitrogens with zero attached hydrogens (tertiary/aromatic N) is 1. The normalized spacial score (nSPS) is 17.3. The van der Waals surface area contributed by atoms with Gasteiger partial charge in [0, 0.05) is 19.4 Å². The second-order valence-corrected chi connectivity index (χ2v) is 6.65. The summed E-state index contributed by atoms with van der Waals surface area (Å²) < 4.78 is 11.1. The molecule has 6 nitrogen and oxygen atoms in total. The highest BCUT2D eigenvalue weighted by molar-refractivity contribution is 5.86. The van der Waals surface area contributed by atoms with Crippen LogP contribution in [-0.4, -0.2) is 29.6 Å². The van der Waals surface area contributed by atoms with E-state index in [1.165, 1.54) is 0 Å². The minimum absolute atomic E-state index is 0.131. The number of carbonyl (C=O) groups excluding carboxylic acids is 1. The summed E-state index contributed by atoms with van der Waals surface area (Å²) in [6.07, 6.45) is 2.82. The van der Waals surface area contributed by atoms with Gasteiger partial charge in [0.25, 0.3) is 0 Å². The molecule has 1 aliphatic rings. The highest BCUT2D eigenvalue weighted by Gasteiger charge is 2.36. The van der Waals surface area contributed by atoms with Gasteiger partial charge in [0.2, 0.25) is 5.91 Å². The van der Waals surface area contributed by atoms with E-state index in [9.17, 15) is 4.79 Å². The van der Waals surface area contributed by atoms with E-state index in [4.69, 9.17) is 15.2 Å². The summed E-state index contributed by atoms with van der Waals surface area (Å²) in [5.74, 6) is 0.607. The summed E-state index contributed by atoms with van der Waals surface area (Å²) in [6.45, 7) is 3.39. The minimum Gasteiger partial charge on any atom is -0.487 e. The first-order valence-electron chi connectivity index (χ1n) is 8.87. The van der Waals surface area contributed by atoms with E-state index in [-0.39, 0.29) is 11.9 Å². The van der Waals surface area contributed by atoms with E-state index in [2.05, 4.69) is 10.3 Å². The summed E-state index contributed by atoms with van der Waals surface area (Å²) >= 11 is 0. The zero-order valence-corrected chi connectivity index (χ0v) is 15.0. The fourth-order valence-electron chi connectivity index (χ4n) is 2.90. The van der Waals surface area contributed by atoms with Crippen molar-refractivity contribution in [1.29, 1.82) is 0 Å². The van der Waals surface area contributed by atoms with E-state index < -0.39 is 5.54 Å². The van der Waals surface area contributed by atoms with Crippen molar-refractivity contribution in [2.45, 2.75) is 38.0 Å². The molecule has 1 aromatic heterocycles. The second-order valence-electron chi connectivity index (χ2n) is 6.65. The Kier molecular flexibility index (Phi) is 5.85. The zero-order chi connectivity index (χ0) is 18.4. The third kappa shape index (κ3) is 4.59. The van der Waals surface area contributed by atoms with Crippen molar-refractivity contribution in [3.8, 4) is 5.75 Å². The molecule has 0 aliphatic carbocycles. The van der Waals surface area contributed by atoms with Crippen LogP contribution < -0.4 is 15.8 Å². The molecule has 1 atom stereocenters. The molecule has 1 unspecified atom stereocenters. The number of rotatable bonds is 6. The first-order valence-corrected chi connectivity index (χ1v) is 8.87. The lowest BCUT2D eigenvalue weighted by Gasteiger charge is -2.33. The molecule has 1 fully saturated rings. The Hall–Kier alpha value is -2.44. The summed E-state index contributed by atoms with van der Waals surface area (Å²) in [5, 5.41) is 3.02. The maximum absolute atomic E-state index is 12.6. The number of amides is 1. The summed E-state index contributed by atoms with van der Waals surface area (Å²) in [4.78, 5) is 16.8. The number of pyridine rings is 1. The highest BCUT2D eigenvalue weighted by atomic mass is 16.5. The number of hydrogen-bond donors (Lipinski definition) is 2. The Bertz CT molecular complexity index is 730. The van der Waals surface area contributed by atoms with Gasteiger partial charge in [0.05, 0.1) is 17.3 Å². The number of nitrogens with one attached hydrogen (secondary N) is 1. The van der Waals surface area contributed by atoms with Crippen LogP contribution in [0.2, 0.25) is 0 Å². The second kappa shape index (κ2) is 8.29. The molecule has 6 heteroatoms. The molecule has 26 heavy (non-hydrogen) atoms. The van der Waals surface area contributed by atoms with Gasteiger partial charge in [-0.05, 0) is 49.6 Å². The first kappa shape index (κ1) is 18.4. The van der Waals surface area contributed by atoms with Crippen LogP contribution in [-0.2, 0) is 16.1 Å². The Balaban J connectivity index is 1.60. The van der Waals surface area contributed by atoms with Crippen LogP contribution >= 0.6 is 0 Å². The number of aromatic nitrogens is 1. The number of nitrogens with two attached hydrogens (primary N) is 1. The molecular formula is C20H25N3O3. The van der Waals surface area contributed by atoms with Crippen molar-refractivity contribution in [2.75, 3.05) is 13.2 Å². The molecule has 2 aromatic rings. The third-order valence-corrected chi connectivity index (χ3v) is 4.66. The minimum atomic E-state index is -0.848. The maximum Gasteiger partial charge on any atom is 0.240 e. The molecular weight excluding hydrogens is 330 g/mol. The van der Waals surface area contributed by atoms with Gasteiger partial charge in [-0.2, -0.15) is 0 Å². The van der Waals surface area contributed by atoms with Crippen LogP contribution in [0.5, 0.6) is 5.75 Å². The summed E-state index contributed by atoms with van der Waals surface area (Å²) in [5.41, 5.74) is 7.23. The van der Waals surface area contributed by atoms with Crippen molar-refractivity contribution in [3.05, 3.63) is 59.9 Å². The lowest BCUT2D eigenvalue weighted by molar-refractivity contribution is -0.130. The number of ether oxygens (including phenoxy) is 2. The molecule has 1 saturated heterocycles. The topological polar surface area (TPSA) is 86.5 Å². The standard InChI is InChI=1S/C20H25N3O3/c1-15(23-19(24)20(21)8-11-25-12-9-20)16-5-4-7-18(13-16)26-14-17-6-2-3-10-22-17/h2-7,10,13,15H,8-9,11-12,14,21H2,1H3,(H,23,24). The molecule has 3 rings (SSSR count). The highest BCUT2D eigenvalue weighted by Crippen LogP contribution is 2.23. The number of benzene rings is 1. The first-order chi connectivity index (χ1) is 12.6. The van der Waals surface area contributed by atoms with Gasteiger partial charge in [0.15, 0.2) is 0 Å². The maximum atomic E-state index is 12.6. The van der Waals surface area contributed by atoms with Gasteiger partial charge in [-0.15, -0.1) is 0 Å². The van der Waals surface area contributed by atoms with E-state index in [0.717, 1.165) is 17.0 Å². The predicted molar refractivity (Wildman–Crippen MR) is 98.5 cm³/mol. The molecule has 0 spiro atoms. The van der Waals surface area contributed by atoms with E-state index in [1.54, 1.807) is 6.20 Å². The van der Waals surface area contributed by atoms with E-state index in [0.29, 0.717) is 32.7 Å². The van der Waals surface area contributed by atoms with Gasteiger partial charge in [-0.1, -0.05) is 18.2 Å². The fraction of sp³-hybridized carbons (Fsp3) is 0.400. The van der Waals surface area contributed by atoms with Crippen LogP contribution in [0, 0.1) is 0 Å². The van der Waals surface area contributed by atoms with Crippen LogP contribution in [0.1, 0.15) is 37.1 Å². The van der Waals surface area contributed by atoms with Gasteiger partial charge in [0.1, 0.15) is 12.4 Å². The van der Waals surface area contributed by atoms with Crippen LogP contribution in [0.15, 0.2) is 48.7 Å². The predicted octanol–water partition coefficient (Wildman–Crippen LogP) is 2.35. The molecule has 2 heterocycles. The molecule has 138 valence electrons.